The summed E-state index contributed by atoms with van der Waals surface area (Å²) in [6, 6.07) is 4.36. The van der Waals surface area contributed by atoms with E-state index in [-0.39, 0.29) is 0 Å². The van der Waals surface area contributed by atoms with E-state index in [0.717, 1.165) is 11.1 Å². The number of halogens is 1. The highest BCUT2D eigenvalue weighted by atomic mass is 79.9. The van der Waals surface area contributed by atoms with Gasteiger partial charge in [-0.2, -0.15) is 5.10 Å². The van der Waals surface area contributed by atoms with Gasteiger partial charge in [-0.25, -0.2) is 0 Å². The van der Waals surface area contributed by atoms with Gasteiger partial charge in [0.2, 0.25) is 0 Å². The third kappa shape index (κ3) is 1.45. The summed E-state index contributed by atoms with van der Waals surface area (Å²) in [6.45, 7) is 0. The van der Waals surface area contributed by atoms with E-state index in [2.05, 4.69) is 38.3 Å². The lowest BCUT2D eigenvalue weighted by atomic mass is 10.0. The molecular formula is C12H12BrN3. The van der Waals surface area contributed by atoms with Gasteiger partial charge >= 0.3 is 0 Å². The number of fused-ring (bicyclic) bond motifs is 1. The number of nitrogens with one attached hydrogen (secondary N) is 1. The summed E-state index contributed by atoms with van der Waals surface area (Å²) in [5.41, 5.74) is 10.8. The number of nitrogens with two attached hydrogens (primary N) is 1. The molecule has 0 fully saturated rings. The average molecular weight is 278 g/mol. The highest BCUT2D eigenvalue weighted by molar-refractivity contribution is 9.10. The minimum Gasteiger partial charge on any atom is -0.384 e. The summed E-state index contributed by atoms with van der Waals surface area (Å²) in [6.07, 6.45) is 5.37. The molecule has 16 heavy (non-hydrogen) atoms. The van der Waals surface area contributed by atoms with Crippen molar-refractivity contribution >= 4 is 21.7 Å². The largest absolute Gasteiger partial charge is 0.384 e. The van der Waals surface area contributed by atoms with Gasteiger partial charge in [0, 0.05) is 10.0 Å². The first kappa shape index (κ1) is 9.90. The lowest BCUT2D eigenvalue weighted by Gasteiger charge is -2.06. The van der Waals surface area contributed by atoms with Gasteiger partial charge in [0.1, 0.15) is 5.82 Å². The molecule has 1 aliphatic carbocycles. The molecule has 1 aromatic heterocycles. The first-order chi connectivity index (χ1) is 7.75. The zero-order valence-corrected chi connectivity index (χ0v) is 10.3. The molecule has 1 aromatic carbocycles. The Balaban J connectivity index is 2.17. The standard InChI is InChI=1S/C12H12BrN3/c13-11-5-8(10-6-15-16-12(10)14)4-7-2-1-3-9(7)11/h4-6H,1-3H2,(H3,14,15,16). The van der Waals surface area contributed by atoms with Gasteiger partial charge in [0.05, 0.1) is 6.20 Å². The molecule has 0 amide bonds. The Labute approximate surface area is 102 Å². The van der Waals surface area contributed by atoms with Crippen LogP contribution in [0.15, 0.2) is 22.8 Å². The van der Waals surface area contributed by atoms with Crippen LogP contribution in [0.25, 0.3) is 11.1 Å². The number of aryl methyl sites for hydroxylation is 1. The van der Waals surface area contributed by atoms with Crippen molar-refractivity contribution in [2.45, 2.75) is 19.3 Å². The molecule has 0 atom stereocenters. The van der Waals surface area contributed by atoms with Crippen molar-refractivity contribution in [3.8, 4) is 11.1 Å². The number of hydrogen-bond acceptors (Lipinski definition) is 2. The van der Waals surface area contributed by atoms with Crippen LogP contribution >= 0.6 is 15.9 Å². The zero-order valence-electron chi connectivity index (χ0n) is 8.76. The van der Waals surface area contributed by atoms with Crippen molar-refractivity contribution in [3.63, 3.8) is 0 Å². The van der Waals surface area contributed by atoms with E-state index in [1.54, 1.807) is 6.20 Å². The molecule has 0 unspecified atom stereocenters. The predicted molar refractivity (Wildman–Crippen MR) is 68.2 cm³/mol. The Kier molecular flexibility index (Phi) is 2.24. The Morgan fingerprint density at radius 2 is 2.19 bits per heavy atom. The smallest absolute Gasteiger partial charge is 0.126 e. The van der Waals surface area contributed by atoms with Gasteiger partial charge in [0.25, 0.3) is 0 Å². The lowest BCUT2D eigenvalue weighted by Crippen LogP contribution is -1.90. The molecule has 0 spiro atoms. The first-order valence-corrected chi connectivity index (χ1v) is 6.15. The third-order valence-corrected chi connectivity index (χ3v) is 3.85. The molecular weight excluding hydrogens is 266 g/mol. The number of H-pyrrole nitrogens is 1. The minimum atomic E-state index is 0.629. The monoisotopic (exact) mass is 277 g/mol. The van der Waals surface area contributed by atoms with E-state index < -0.39 is 0 Å². The molecule has 0 aliphatic heterocycles. The minimum absolute atomic E-state index is 0.629. The number of rotatable bonds is 1. The quantitative estimate of drug-likeness (QED) is 0.842. The van der Waals surface area contributed by atoms with E-state index in [1.807, 2.05) is 0 Å². The number of anilines is 1. The van der Waals surface area contributed by atoms with E-state index in [4.69, 9.17) is 5.73 Å². The second-order valence-corrected chi connectivity index (χ2v) is 5.00. The van der Waals surface area contributed by atoms with Gasteiger partial charge in [-0.15, -0.1) is 0 Å². The van der Waals surface area contributed by atoms with Crippen LogP contribution in [0.3, 0.4) is 0 Å². The van der Waals surface area contributed by atoms with Crippen LogP contribution in [-0.4, -0.2) is 10.2 Å². The maximum Gasteiger partial charge on any atom is 0.126 e. The summed E-state index contributed by atoms with van der Waals surface area (Å²) in [7, 11) is 0. The Hall–Kier alpha value is -1.29. The molecule has 3 nitrogen and oxygen atoms in total. The molecule has 82 valence electrons. The first-order valence-electron chi connectivity index (χ1n) is 5.36. The summed E-state index contributed by atoms with van der Waals surface area (Å²) in [4.78, 5) is 0. The fourth-order valence-electron chi connectivity index (χ4n) is 2.33. The third-order valence-electron chi connectivity index (χ3n) is 3.14. The summed E-state index contributed by atoms with van der Waals surface area (Å²) < 4.78 is 1.19. The van der Waals surface area contributed by atoms with Crippen molar-refractivity contribution in [3.05, 3.63) is 33.9 Å². The van der Waals surface area contributed by atoms with E-state index in [9.17, 15) is 0 Å². The second-order valence-electron chi connectivity index (χ2n) is 4.15. The molecule has 1 heterocycles. The van der Waals surface area contributed by atoms with Crippen molar-refractivity contribution in [1.82, 2.24) is 10.2 Å². The second kappa shape index (κ2) is 3.63. The normalized spacial score (nSPS) is 14.1. The average Bonchev–Trinajstić information content (AvgIpc) is 2.85. The number of benzene rings is 1. The summed E-state index contributed by atoms with van der Waals surface area (Å²) in [5, 5.41) is 6.72. The molecule has 0 bridgehead atoms. The van der Waals surface area contributed by atoms with Crippen molar-refractivity contribution in [1.29, 1.82) is 0 Å². The van der Waals surface area contributed by atoms with E-state index >= 15 is 0 Å². The fourth-order valence-corrected chi connectivity index (χ4v) is 3.03. The maximum absolute atomic E-state index is 5.83. The van der Waals surface area contributed by atoms with Gasteiger partial charge < -0.3 is 5.73 Å². The molecule has 3 N–H and O–H groups in total. The van der Waals surface area contributed by atoms with E-state index in [0.29, 0.717) is 5.82 Å². The van der Waals surface area contributed by atoms with Gasteiger partial charge in [-0.05, 0) is 42.0 Å². The van der Waals surface area contributed by atoms with Crippen LogP contribution in [0.4, 0.5) is 5.82 Å². The van der Waals surface area contributed by atoms with Crippen LogP contribution in [0.2, 0.25) is 0 Å². The molecule has 2 aromatic rings. The Morgan fingerprint density at radius 3 is 2.94 bits per heavy atom. The van der Waals surface area contributed by atoms with Crippen molar-refractivity contribution in [2.75, 3.05) is 5.73 Å². The van der Waals surface area contributed by atoms with Crippen molar-refractivity contribution < 1.29 is 0 Å². The van der Waals surface area contributed by atoms with Gasteiger partial charge in [-0.3, -0.25) is 5.10 Å². The summed E-state index contributed by atoms with van der Waals surface area (Å²) in [5.74, 6) is 0.629. The molecule has 0 saturated carbocycles. The number of nitrogens with zero attached hydrogens (tertiary/aromatic N) is 1. The Morgan fingerprint density at radius 1 is 1.31 bits per heavy atom. The van der Waals surface area contributed by atoms with Crippen LogP contribution in [0.1, 0.15) is 17.5 Å². The Bertz CT molecular complexity index is 545. The highest BCUT2D eigenvalue weighted by Gasteiger charge is 2.16. The molecule has 1 aliphatic rings. The molecule has 4 heteroatoms. The number of aromatic nitrogens is 2. The van der Waals surface area contributed by atoms with Gasteiger partial charge in [-0.1, -0.05) is 22.0 Å². The zero-order chi connectivity index (χ0) is 11.1. The van der Waals surface area contributed by atoms with Crippen LogP contribution in [-0.2, 0) is 12.8 Å². The van der Waals surface area contributed by atoms with Gasteiger partial charge in [0.15, 0.2) is 0 Å². The summed E-state index contributed by atoms with van der Waals surface area (Å²) >= 11 is 3.64. The maximum atomic E-state index is 5.83. The topological polar surface area (TPSA) is 54.7 Å². The van der Waals surface area contributed by atoms with E-state index in [1.165, 1.54) is 34.9 Å². The fraction of sp³-hybridized carbons (Fsp3) is 0.250. The SMILES string of the molecule is Nc1[nH]ncc1-c1cc(Br)c2c(c1)CCC2. The van der Waals surface area contributed by atoms with Crippen LogP contribution in [0, 0.1) is 0 Å². The predicted octanol–water partition coefficient (Wildman–Crippen LogP) is 2.91. The van der Waals surface area contributed by atoms with Crippen LogP contribution in [0.5, 0.6) is 0 Å². The number of hydrogen-bond donors (Lipinski definition) is 2. The lowest BCUT2D eigenvalue weighted by molar-refractivity contribution is 0.910. The van der Waals surface area contributed by atoms with Crippen LogP contribution < -0.4 is 5.73 Å². The molecule has 0 radical (unpaired) electrons. The highest BCUT2D eigenvalue weighted by Crippen LogP contribution is 2.35. The number of nitrogen functional groups attached to an aromatic ring is 1. The van der Waals surface area contributed by atoms with Crippen molar-refractivity contribution in [2.24, 2.45) is 0 Å². The molecule has 3 rings (SSSR count). The number of aromatic amines is 1. The molecule has 0 saturated heterocycles.